The van der Waals surface area contributed by atoms with Crippen molar-refractivity contribution in [2.75, 3.05) is 26.7 Å². The summed E-state index contributed by atoms with van der Waals surface area (Å²) in [5, 5.41) is 3.07. The molecule has 0 spiro atoms. The van der Waals surface area contributed by atoms with E-state index in [0.717, 1.165) is 13.1 Å². The molecule has 0 unspecified atom stereocenters. The van der Waals surface area contributed by atoms with Gasteiger partial charge in [-0.05, 0) is 32.9 Å². The highest BCUT2D eigenvalue weighted by Gasteiger charge is 2.25. The van der Waals surface area contributed by atoms with E-state index in [4.69, 9.17) is 0 Å². The fraction of sp³-hybridized carbons (Fsp3) is 1.00. The second-order valence-corrected chi connectivity index (χ2v) is 4.89. The maximum atomic E-state index is 11.9. The van der Waals surface area contributed by atoms with E-state index in [0.29, 0.717) is 12.6 Å². The Balaban J connectivity index is 1.93. The van der Waals surface area contributed by atoms with E-state index in [9.17, 15) is 13.2 Å². The van der Waals surface area contributed by atoms with E-state index in [1.807, 2.05) is 0 Å². The van der Waals surface area contributed by atoms with Crippen molar-refractivity contribution in [3.8, 4) is 0 Å². The zero-order chi connectivity index (χ0) is 12.7. The van der Waals surface area contributed by atoms with Gasteiger partial charge < -0.3 is 10.2 Å². The number of rotatable bonds is 7. The normalized spacial score (nSPS) is 18.2. The summed E-state index contributed by atoms with van der Waals surface area (Å²) in [4.78, 5) is 2.32. The van der Waals surface area contributed by atoms with E-state index < -0.39 is 12.6 Å². The van der Waals surface area contributed by atoms with Gasteiger partial charge in [-0.3, -0.25) is 0 Å². The van der Waals surface area contributed by atoms with Crippen LogP contribution in [0.3, 0.4) is 0 Å². The quantitative estimate of drug-likeness (QED) is 0.701. The van der Waals surface area contributed by atoms with Crippen LogP contribution >= 0.6 is 0 Å². The number of hydrogen-bond acceptors (Lipinski definition) is 2. The van der Waals surface area contributed by atoms with Gasteiger partial charge in [0.25, 0.3) is 0 Å². The number of hydrogen-bond donors (Lipinski definition) is 1. The second kappa shape index (κ2) is 7.21. The molecule has 0 aromatic heterocycles. The highest BCUT2D eigenvalue weighted by atomic mass is 19.4. The average Bonchev–Trinajstić information content (AvgIpc) is 2.74. The van der Waals surface area contributed by atoms with Gasteiger partial charge in [-0.2, -0.15) is 13.2 Å². The van der Waals surface area contributed by atoms with Crippen LogP contribution in [0.2, 0.25) is 0 Å². The molecule has 2 nitrogen and oxygen atoms in total. The van der Waals surface area contributed by atoms with Crippen LogP contribution in [0.5, 0.6) is 0 Å². The van der Waals surface area contributed by atoms with Crippen LogP contribution in [0, 0.1) is 0 Å². The van der Waals surface area contributed by atoms with Crippen molar-refractivity contribution >= 4 is 0 Å². The van der Waals surface area contributed by atoms with Crippen molar-refractivity contribution in [1.82, 2.24) is 10.2 Å². The van der Waals surface area contributed by atoms with Gasteiger partial charge in [-0.1, -0.05) is 12.8 Å². The first kappa shape index (κ1) is 14.8. The third-order valence-corrected chi connectivity index (χ3v) is 3.40. The van der Waals surface area contributed by atoms with Crippen molar-refractivity contribution in [3.63, 3.8) is 0 Å². The molecule has 0 amide bonds. The molecule has 1 N–H and O–H groups in total. The van der Waals surface area contributed by atoms with E-state index in [1.54, 1.807) is 0 Å². The van der Waals surface area contributed by atoms with E-state index in [1.165, 1.54) is 25.7 Å². The summed E-state index contributed by atoms with van der Waals surface area (Å²) in [6.45, 7) is 2.17. The Labute approximate surface area is 102 Å². The molecule has 1 aliphatic carbocycles. The van der Waals surface area contributed by atoms with Crippen molar-refractivity contribution in [2.45, 2.75) is 50.7 Å². The standard InChI is InChI=1S/C12H23F3N2/c1-17(11-5-2-3-6-11)10-9-16-8-4-7-12(13,14)15/h11,16H,2-10H2,1H3. The predicted octanol–water partition coefficient (Wildman–Crippen LogP) is 2.79. The van der Waals surface area contributed by atoms with Crippen LogP contribution in [0.1, 0.15) is 38.5 Å². The third-order valence-electron chi connectivity index (χ3n) is 3.40. The van der Waals surface area contributed by atoms with Gasteiger partial charge in [0.05, 0.1) is 0 Å². The van der Waals surface area contributed by atoms with Crippen LogP contribution in [0.4, 0.5) is 13.2 Å². The lowest BCUT2D eigenvalue weighted by Gasteiger charge is -2.23. The molecule has 1 saturated carbocycles. The first-order chi connectivity index (χ1) is 7.99. The first-order valence-electron chi connectivity index (χ1n) is 6.47. The fourth-order valence-electron chi connectivity index (χ4n) is 2.32. The van der Waals surface area contributed by atoms with Crippen molar-refractivity contribution in [2.24, 2.45) is 0 Å². The third kappa shape index (κ3) is 6.88. The molecule has 1 fully saturated rings. The van der Waals surface area contributed by atoms with E-state index in [-0.39, 0.29) is 6.42 Å². The molecule has 1 rings (SSSR count). The van der Waals surface area contributed by atoms with Crippen LogP contribution in [-0.4, -0.2) is 43.8 Å². The largest absolute Gasteiger partial charge is 0.389 e. The van der Waals surface area contributed by atoms with Crippen LogP contribution in [0.25, 0.3) is 0 Å². The summed E-state index contributed by atoms with van der Waals surface area (Å²) in [5.41, 5.74) is 0. The zero-order valence-corrected chi connectivity index (χ0v) is 10.5. The summed E-state index contributed by atoms with van der Waals surface area (Å²) >= 11 is 0. The molecule has 0 aromatic carbocycles. The smallest absolute Gasteiger partial charge is 0.315 e. The molecule has 0 bridgehead atoms. The molecule has 0 saturated heterocycles. The predicted molar refractivity (Wildman–Crippen MR) is 63.0 cm³/mol. The maximum Gasteiger partial charge on any atom is 0.389 e. The Kier molecular flexibility index (Phi) is 6.27. The number of nitrogens with zero attached hydrogens (tertiary/aromatic N) is 1. The summed E-state index contributed by atoms with van der Waals surface area (Å²) in [5.74, 6) is 0. The SMILES string of the molecule is CN(CCNCCCC(F)(F)F)C1CCCC1. The second-order valence-electron chi connectivity index (χ2n) is 4.89. The number of halogens is 3. The van der Waals surface area contributed by atoms with Crippen LogP contribution in [0.15, 0.2) is 0 Å². The van der Waals surface area contributed by atoms with Gasteiger partial charge in [-0.25, -0.2) is 0 Å². The Hall–Kier alpha value is -0.290. The van der Waals surface area contributed by atoms with Gasteiger partial charge in [0.15, 0.2) is 0 Å². The van der Waals surface area contributed by atoms with Crippen molar-refractivity contribution in [1.29, 1.82) is 0 Å². The van der Waals surface area contributed by atoms with E-state index in [2.05, 4.69) is 17.3 Å². The fourth-order valence-corrected chi connectivity index (χ4v) is 2.32. The minimum absolute atomic E-state index is 0.177. The number of alkyl halides is 3. The molecular weight excluding hydrogens is 229 g/mol. The molecule has 0 heterocycles. The highest BCUT2D eigenvalue weighted by Crippen LogP contribution is 2.22. The minimum Gasteiger partial charge on any atom is -0.315 e. The van der Waals surface area contributed by atoms with Crippen LogP contribution in [-0.2, 0) is 0 Å². The molecule has 102 valence electrons. The van der Waals surface area contributed by atoms with Gasteiger partial charge in [0.2, 0.25) is 0 Å². The molecule has 0 aliphatic heterocycles. The Morgan fingerprint density at radius 3 is 2.41 bits per heavy atom. The topological polar surface area (TPSA) is 15.3 Å². The Morgan fingerprint density at radius 1 is 1.18 bits per heavy atom. The number of nitrogens with one attached hydrogen (secondary N) is 1. The summed E-state index contributed by atoms with van der Waals surface area (Å²) in [6, 6.07) is 0.687. The molecule has 0 aromatic rings. The van der Waals surface area contributed by atoms with Gasteiger partial charge >= 0.3 is 6.18 Å². The lowest BCUT2D eigenvalue weighted by molar-refractivity contribution is -0.135. The lowest BCUT2D eigenvalue weighted by atomic mass is 10.2. The highest BCUT2D eigenvalue weighted by molar-refractivity contribution is 4.75. The molecular formula is C12H23F3N2. The average molecular weight is 252 g/mol. The molecule has 0 atom stereocenters. The summed E-state index contributed by atoms with van der Waals surface area (Å²) in [6.07, 6.45) is 0.647. The molecule has 5 heteroatoms. The Bertz CT molecular complexity index is 200. The monoisotopic (exact) mass is 252 g/mol. The van der Waals surface area contributed by atoms with Gasteiger partial charge in [0, 0.05) is 25.6 Å². The van der Waals surface area contributed by atoms with Gasteiger partial charge in [0.1, 0.15) is 0 Å². The zero-order valence-electron chi connectivity index (χ0n) is 10.5. The molecule has 17 heavy (non-hydrogen) atoms. The number of likely N-dealkylation sites (N-methyl/N-ethyl adjacent to an activating group) is 1. The van der Waals surface area contributed by atoms with Crippen molar-refractivity contribution < 1.29 is 13.2 Å². The molecule has 1 aliphatic rings. The van der Waals surface area contributed by atoms with Gasteiger partial charge in [-0.15, -0.1) is 0 Å². The Morgan fingerprint density at radius 2 is 1.82 bits per heavy atom. The van der Waals surface area contributed by atoms with E-state index >= 15 is 0 Å². The summed E-state index contributed by atoms with van der Waals surface area (Å²) < 4.78 is 35.6. The lowest BCUT2D eigenvalue weighted by Crippen LogP contribution is -2.35. The molecule has 0 radical (unpaired) electrons. The van der Waals surface area contributed by atoms with Crippen molar-refractivity contribution in [3.05, 3.63) is 0 Å². The first-order valence-corrected chi connectivity index (χ1v) is 6.47. The van der Waals surface area contributed by atoms with Crippen LogP contribution < -0.4 is 5.32 Å². The summed E-state index contributed by atoms with van der Waals surface area (Å²) in [7, 11) is 2.10. The maximum absolute atomic E-state index is 11.9. The minimum atomic E-state index is -4.01.